The minimum atomic E-state index is -3.57. The van der Waals surface area contributed by atoms with Crippen molar-refractivity contribution >= 4 is 32.5 Å². The van der Waals surface area contributed by atoms with E-state index in [1.165, 1.54) is 36.4 Å². The average molecular weight is 399 g/mol. The van der Waals surface area contributed by atoms with Crippen LogP contribution in [0.2, 0.25) is 0 Å². The van der Waals surface area contributed by atoms with Gasteiger partial charge in [0, 0.05) is 22.7 Å². The van der Waals surface area contributed by atoms with Gasteiger partial charge in [0.25, 0.3) is 5.91 Å². The lowest BCUT2D eigenvalue weighted by Crippen LogP contribution is -2.25. The maximum Gasteiger partial charge on any atom is 0.255 e. The quantitative estimate of drug-likeness (QED) is 0.689. The monoisotopic (exact) mass is 399 g/mol. The molecule has 1 aliphatic carbocycles. The number of fused-ring (bicyclic) bond motifs is 1. The van der Waals surface area contributed by atoms with Crippen LogP contribution in [0, 0.1) is 12.7 Å². The van der Waals surface area contributed by atoms with Crippen molar-refractivity contribution < 1.29 is 17.6 Å². The van der Waals surface area contributed by atoms with Gasteiger partial charge in [-0.3, -0.25) is 9.78 Å². The van der Waals surface area contributed by atoms with E-state index in [0.717, 1.165) is 12.8 Å². The fourth-order valence-corrected chi connectivity index (χ4v) is 4.21. The molecule has 0 spiro atoms. The first-order valence-corrected chi connectivity index (χ1v) is 10.3. The number of anilines is 1. The lowest BCUT2D eigenvalue weighted by Gasteiger charge is -2.11. The minimum absolute atomic E-state index is 0.0107. The molecular weight excluding hydrogens is 381 g/mol. The van der Waals surface area contributed by atoms with Crippen LogP contribution in [0.1, 0.15) is 28.9 Å². The molecule has 0 unspecified atom stereocenters. The van der Waals surface area contributed by atoms with Crippen LogP contribution < -0.4 is 10.0 Å². The molecule has 1 fully saturated rings. The van der Waals surface area contributed by atoms with Gasteiger partial charge in [-0.2, -0.15) is 0 Å². The fraction of sp³-hybridized carbons (Fsp3) is 0.200. The molecular formula is C20H18FN3O3S. The summed E-state index contributed by atoms with van der Waals surface area (Å²) in [5, 5.41) is 3.25. The largest absolute Gasteiger partial charge is 0.321 e. The summed E-state index contributed by atoms with van der Waals surface area (Å²) >= 11 is 0. The van der Waals surface area contributed by atoms with Crippen molar-refractivity contribution in [3.8, 4) is 0 Å². The Morgan fingerprint density at radius 3 is 2.50 bits per heavy atom. The molecule has 0 radical (unpaired) electrons. The van der Waals surface area contributed by atoms with Gasteiger partial charge in [-0.25, -0.2) is 17.5 Å². The van der Waals surface area contributed by atoms with Gasteiger partial charge in [0.15, 0.2) is 0 Å². The third-order valence-corrected chi connectivity index (χ3v) is 6.01. The maximum absolute atomic E-state index is 13.6. The smallest absolute Gasteiger partial charge is 0.255 e. The van der Waals surface area contributed by atoms with Gasteiger partial charge in [0.05, 0.1) is 16.1 Å². The third kappa shape index (κ3) is 3.88. The van der Waals surface area contributed by atoms with Gasteiger partial charge in [-0.05, 0) is 68.3 Å². The van der Waals surface area contributed by atoms with Crippen LogP contribution in [0.4, 0.5) is 10.1 Å². The zero-order valence-electron chi connectivity index (χ0n) is 15.1. The van der Waals surface area contributed by atoms with E-state index in [1.54, 1.807) is 19.1 Å². The number of hydrogen-bond acceptors (Lipinski definition) is 4. The predicted octanol–water partition coefficient (Wildman–Crippen LogP) is 3.38. The van der Waals surface area contributed by atoms with Crippen molar-refractivity contribution in [3.63, 3.8) is 0 Å². The second-order valence-electron chi connectivity index (χ2n) is 6.85. The molecule has 6 nitrogen and oxygen atoms in total. The summed E-state index contributed by atoms with van der Waals surface area (Å²) in [5.41, 5.74) is 2.00. The van der Waals surface area contributed by atoms with E-state index < -0.39 is 21.7 Å². The first-order valence-electron chi connectivity index (χ1n) is 8.82. The van der Waals surface area contributed by atoms with E-state index in [1.807, 2.05) is 0 Å². The van der Waals surface area contributed by atoms with Gasteiger partial charge in [-0.15, -0.1) is 0 Å². The summed E-state index contributed by atoms with van der Waals surface area (Å²) in [4.78, 5) is 17.1. The highest BCUT2D eigenvalue weighted by Gasteiger charge is 2.28. The van der Waals surface area contributed by atoms with Gasteiger partial charge in [-0.1, -0.05) is 0 Å². The number of nitrogens with one attached hydrogen (secondary N) is 2. The van der Waals surface area contributed by atoms with E-state index >= 15 is 0 Å². The normalized spacial score (nSPS) is 14.2. The van der Waals surface area contributed by atoms with E-state index in [-0.39, 0.29) is 10.9 Å². The molecule has 1 amide bonds. The van der Waals surface area contributed by atoms with Gasteiger partial charge in [0.2, 0.25) is 10.0 Å². The minimum Gasteiger partial charge on any atom is -0.321 e. The molecule has 1 aromatic heterocycles. The summed E-state index contributed by atoms with van der Waals surface area (Å²) in [7, 11) is -3.57. The van der Waals surface area contributed by atoms with Crippen LogP contribution in [-0.4, -0.2) is 25.4 Å². The molecule has 0 atom stereocenters. The Balaban J connectivity index is 1.59. The van der Waals surface area contributed by atoms with E-state index in [9.17, 15) is 17.6 Å². The van der Waals surface area contributed by atoms with Crippen molar-refractivity contribution in [1.29, 1.82) is 0 Å². The Morgan fingerprint density at radius 1 is 1.11 bits per heavy atom. The van der Waals surface area contributed by atoms with Gasteiger partial charge >= 0.3 is 0 Å². The SMILES string of the molecule is Cc1cc(NC(=O)c2ccc(S(=O)(=O)NC3CC3)cc2)c2cc(F)ccc2n1. The Hall–Kier alpha value is -2.84. The van der Waals surface area contributed by atoms with Crippen molar-refractivity contribution in [2.75, 3.05) is 5.32 Å². The molecule has 4 rings (SSSR count). The average Bonchev–Trinajstić information content (AvgIpc) is 3.45. The molecule has 8 heteroatoms. The molecule has 0 aliphatic heterocycles. The molecule has 2 aromatic carbocycles. The standard InChI is InChI=1S/C20H18FN3O3S/c1-12-10-19(17-11-14(21)4-9-18(17)22-12)23-20(25)13-2-7-16(8-3-13)28(26,27)24-15-5-6-15/h2-4,7-11,15,24H,5-6H2,1H3,(H,22,23,25). The number of rotatable bonds is 5. The molecule has 3 aromatic rings. The lowest BCUT2D eigenvalue weighted by atomic mass is 10.1. The van der Waals surface area contributed by atoms with E-state index in [0.29, 0.717) is 27.8 Å². The van der Waals surface area contributed by atoms with Gasteiger partial charge < -0.3 is 5.32 Å². The highest BCUT2D eigenvalue weighted by Crippen LogP contribution is 2.25. The Kier molecular flexibility index (Phi) is 4.60. The van der Waals surface area contributed by atoms with E-state index in [2.05, 4.69) is 15.0 Å². The number of carbonyl (C=O) groups is 1. The molecule has 1 aliphatic rings. The molecule has 1 heterocycles. The second kappa shape index (κ2) is 6.96. The molecule has 2 N–H and O–H groups in total. The Bertz CT molecular complexity index is 1170. The molecule has 0 bridgehead atoms. The van der Waals surface area contributed by atoms with Crippen LogP contribution in [0.3, 0.4) is 0 Å². The first kappa shape index (κ1) is 18.5. The summed E-state index contributed by atoms with van der Waals surface area (Å²) in [6.45, 7) is 1.78. The summed E-state index contributed by atoms with van der Waals surface area (Å²) in [6, 6.07) is 11.6. The zero-order valence-corrected chi connectivity index (χ0v) is 15.9. The number of carbonyl (C=O) groups excluding carboxylic acids is 1. The maximum atomic E-state index is 13.6. The number of benzene rings is 2. The number of sulfonamides is 1. The van der Waals surface area contributed by atoms with Crippen molar-refractivity contribution in [2.45, 2.75) is 30.7 Å². The number of aryl methyl sites for hydroxylation is 1. The van der Waals surface area contributed by atoms with Crippen LogP contribution in [0.5, 0.6) is 0 Å². The number of hydrogen-bond donors (Lipinski definition) is 2. The summed E-state index contributed by atoms with van der Waals surface area (Å²) in [5.74, 6) is -0.846. The molecule has 28 heavy (non-hydrogen) atoms. The Morgan fingerprint density at radius 2 is 1.82 bits per heavy atom. The van der Waals surface area contributed by atoms with Crippen LogP contribution >= 0.6 is 0 Å². The van der Waals surface area contributed by atoms with Crippen molar-refractivity contribution in [1.82, 2.24) is 9.71 Å². The van der Waals surface area contributed by atoms with Crippen molar-refractivity contribution in [3.05, 3.63) is 65.6 Å². The lowest BCUT2D eigenvalue weighted by molar-refractivity contribution is 0.102. The van der Waals surface area contributed by atoms with Crippen LogP contribution in [-0.2, 0) is 10.0 Å². The highest BCUT2D eigenvalue weighted by molar-refractivity contribution is 7.89. The number of aromatic nitrogens is 1. The van der Waals surface area contributed by atoms with Crippen molar-refractivity contribution in [2.24, 2.45) is 0 Å². The molecule has 0 saturated heterocycles. The first-order chi connectivity index (χ1) is 13.3. The summed E-state index contributed by atoms with van der Waals surface area (Å²) < 4.78 is 40.7. The van der Waals surface area contributed by atoms with Crippen LogP contribution in [0.15, 0.2) is 53.4 Å². The fourth-order valence-electron chi connectivity index (χ4n) is 2.90. The number of amides is 1. The topological polar surface area (TPSA) is 88.2 Å². The number of nitrogens with zero attached hydrogens (tertiary/aromatic N) is 1. The third-order valence-electron chi connectivity index (χ3n) is 4.47. The number of halogens is 1. The van der Waals surface area contributed by atoms with Gasteiger partial charge in [0.1, 0.15) is 5.82 Å². The van der Waals surface area contributed by atoms with E-state index in [4.69, 9.17) is 0 Å². The predicted molar refractivity (Wildman–Crippen MR) is 104 cm³/mol. The summed E-state index contributed by atoms with van der Waals surface area (Å²) in [6.07, 6.45) is 1.69. The highest BCUT2D eigenvalue weighted by atomic mass is 32.2. The number of pyridine rings is 1. The Labute approximate surface area is 161 Å². The zero-order chi connectivity index (χ0) is 19.9. The second-order valence-corrected chi connectivity index (χ2v) is 8.56. The van der Waals surface area contributed by atoms with Crippen LogP contribution in [0.25, 0.3) is 10.9 Å². The molecule has 1 saturated carbocycles. The molecule has 144 valence electrons.